The molecule has 0 radical (unpaired) electrons. The predicted octanol–water partition coefficient (Wildman–Crippen LogP) is 3.45. The Balaban J connectivity index is 2.45. The van der Waals surface area contributed by atoms with Crippen LogP contribution in [0, 0.1) is 12.8 Å². The molecule has 1 aromatic carbocycles. The van der Waals surface area contributed by atoms with Crippen molar-refractivity contribution in [2.24, 2.45) is 5.92 Å². The summed E-state index contributed by atoms with van der Waals surface area (Å²) in [5.41, 5.74) is 2.75. The third kappa shape index (κ3) is 5.75. The summed E-state index contributed by atoms with van der Waals surface area (Å²) >= 11 is 0. The Kier molecular flexibility index (Phi) is 7.11. The van der Waals surface area contributed by atoms with Gasteiger partial charge in [-0.2, -0.15) is 0 Å². The molecule has 0 saturated carbocycles. The van der Waals surface area contributed by atoms with Crippen LogP contribution in [-0.4, -0.2) is 31.1 Å². The monoisotopic (exact) mass is 262 g/mol. The zero-order valence-corrected chi connectivity index (χ0v) is 13.2. The van der Waals surface area contributed by atoms with Gasteiger partial charge in [0.05, 0.1) is 0 Å². The lowest BCUT2D eigenvalue weighted by molar-refractivity contribution is 0.189. The zero-order chi connectivity index (χ0) is 14.3. The van der Waals surface area contributed by atoms with E-state index < -0.39 is 0 Å². The van der Waals surface area contributed by atoms with Crippen molar-refractivity contribution in [3.63, 3.8) is 0 Å². The fraction of sp³-hybridized carbons (Fsp3) is 0.647. The smallest absolute Gasteiger partial charge is 0.0233 e. The Morgan fingerprint density at radius 1 is 1.26 bits per heavy atom. The van der Waals surface area contributed by atoms with Gasteiger partial charge in [0.15, 0.2) is 0 Å². The first-order chi connectivity index (χ1) is 9.04. The first-order valence-electron chi connectivity index (χ1n) is 7.51. The SMILES string of the molecule is CCCNCC(C)C(C)N(C)Cc1cccc(C)c1. The van der Waals surface area contributed by atoms with Crippen LogP contribution in [0.5, 0.6) is 0 Å². The minimum absolute atomic E-state index is 0.588. The third-order valence-corrected chi connectivity index (χ3v) is 3.93. The number of hydrogen-bond donors (Lipinski definition) is 1. The number of nitrogens with one attached hydrogen (secondary N) is 1. The van der Waals surface area contributed by atoms with E-state index >= 15 is 0 Å². The lowest BCUT2D eigenvalue weighted by Crippen LogP contribution is -2.38. The molecular weight excluding hydrogens is 232 g/mol. The van der Waals surface area contributed by atoms with Crippen molar-refractivity contribution in [3.05, 3.63) is 35.4 Å². The van der Waals surface area contributed by atoms with Crippen LogP contribution in [0.2, 0.25) is 0 Å². The van der Waals surface area contributed by atoms with Gasteiger partial charge in [0.1, 0.15) is 0 Å². The van der Waals surface area contributed by atoms with E-state index in [9.17, 15) is 0 Å². The summed E-state index contributed by atoms with van der Waals surface area (Å²) in [6.07, 6.45) is 1.21. The average molecular weight is 262 g/mol. The van der Waals surface area contributed by atoms with Crippen LogP contribution in [0.25, 0.3) is 0 Å². The maximum absolute atomic E-state index is 3.52. The topological polar surface area (TPSA) is 15.3 Å². The standard InChI is InChI=1S/C17H30N2/c1-6-10-18-12-15(3)16(4)19(5)13-17-9-7-8-14(2)11-17/h7-9,11,15-16,18H,6,10,12-13H2,1-5H3. The molecule has 0 fully saturated rings. The maximum atomic E-state index is 3.52. The molecule has 2 nitrogen and oxygen atoms in total. The van der Waals surface area contributed by atoms with Gasteiger partial charge in [-0.3, -0.25) is 4.90 Å². The third-order valence-electron chi connectivity index (χ3n) is 3.93. The molecule has 0 aliphatic rings. The Morgan fingerprint density at radius 2 is 2.00 bits per heavy atom. The van der Waals surface area contributed by atoms with Gasteiger partial charge in [-0.15, -0.1) is 0 Å². The van der Waals surface area contributed by atoms with Gasteiger partial charge in [-0.05, 0) is 51.9 Å². The van der Waals surface area contributed by atoms with Crippen LogP contribution in [0.15, 0.2) is 24.3 Å². The molecule has 19 heavy (non-hydrogen) atoms. The molecular formula is C17H30N2. The average Bonchev–Trinajstić information content (AvgIpc) is 2.38. The van der Waals surface area contributed by atoms with E-state index in [1.165, 1.54) is 17.5 Å². The van der Waals surface area contributed by atoms with Gasteiger partial charge in [-0.25, -0.2) is 0 Å². The second-order valence-corrected chi connectivity index (χ2v) is 5.83. The molecule has 0 spiro atoms. The largest absolute Gasteiger partial charge is 0.316 e. The Morgan fingerprint density at radius 3 is 2.63 bits per heavy atom. The number of rotatable bonds is 8. The van der Waals surface area contributed by atoms with Crippen molar-refractivity contribution in [2.75, 3.05) is 20.1 Å². The van der Waals surface area contributed by atoms with Crippen LogP contribution in [0.3, 0.4) is 0 Å². The van der Waals surface area contributed by atoms with Crippen molar-refractivity contribution < 1.29 is 0 Å². The fourth-order valence-corrected chi connectivity index (χ4v) is 2.35. The second-order valence-electron chi connectivity index (χ2n) is 5.83. The van der Waals surface area contributed by atoms with Crippen molar-refractivity contribution in [1.29, 1.82) is 0 Å². The molecule has 1 N–H and O–H groups in total. The lowest BCUT2D eigenvalue weighted by Gasteiger charge is -2.30. The molecule has 1 rings (SSSR count). The first-order valence-corrected chi connectivity index (χ1v) is 7.51. The molecule has 2 atom stereocenters. The number of aryl methyl sites for hydroxylation is 1. The summed E-state index contributed by atoms with van der Waals surface area (Å²) in [6.45, 7) is 12.3. The van der Waals surface area contributed by atoms with Crippen LogP contribution in [0.1, 0.15) is 38.3 Å². The van der Waals surface area contributed by atoms with Gasteiger partial charge in [0, 0.05) is 12.6 Å². The van der Waals surface area contributed by atoms with E-state index in [0.717, 1.165) is 19.6 Å². The molecule has 108 valence electrons. The zero-order valence-electron chi connectivity index (χ0n) is 13.2. The summed E-state index contributed by atoms with van der Waals surface area (Å²) in [6, 6.07) is 9.39. The second kappa shape index (κ2) is 8.34. The summed E-state index contributed by atoms with van der Waals surface area (Å²) in [5, 5.41) is 3.52. The van der Waals surface area contributed by atoms with E-state index in [4.69, 9.17) is 0 Å². The van der Waals surface area contributed by atoms with Crippen molar-refractivity contribution >= 4 is 0 Å². The van der Waals surface area contributed by atoms with Crippen LogP contribution < -0.4 is 5.32 Å². The van der Waals surface area contributed by atoms with Crippen LogP contribution in [0.4, 0.5) is 0 Å². The number of hydrogen-bond acceptors (Lipinski definition) is 2. The highest BCUT2D eigenvalue weighted by Gasteiger charge is 2.16. The first kappa shape index (κ1) is 16.2. The van der Waals surface area contributed by atoms with E-state index in [2.05, 4.69) is 69.2 Å². The molecule has 1 aromatic rings. The molecule has 2 unspecified atom stereocenters. The Labute approximate surface area is 119 Å². The highest BCUT2D eigenvalue weighted by atomic mass is 15.1. The number of benzene rings is 1. The van der Waals surface area contributed by atoms with Crippen molar-refractivity contribution in [2.45, 2.75) is 46.7 Å². The Hall–Kier alpha value is -0.860. The summed E-state index contributed by atoms with van der Waals surface area (Å²) in [4.78, 5) is 2.45. The van der Waals surface area contributed by atoms with Gasteiger partial charge >= 0.3 is 0 Å². The molecule has 2 heteroatoms. The molecule has 0 aromatic heterocycles. The normalized spacial score (nSPS) is 14.6. The van der Waals surface area contributed by atoms with Gasteiger partial charge in [-0.1, -0.05) is 43.7 Å². The lowest BCUT2D eigenvalue weighted by atomic mass is 10.0. The fourth-order valence-electron chi connectivity index (χ4n) is 2.35. The highest BCUT2D eigenvalue weighted by Crippen LogP contribution is 2.13. The van der Waals surface area contributed by atoms with Crippen LogP contribution >= 0.6 is 0 Å². The molecule has 0 aliphatic carbocycles. The van der Waals surface area contributed by atoms with E-state index in [1.807, 2.05) is 0 Å². The molecule has 0 aliphatic heterocycles. The van der Waals surface area contributed by atoms with Gasteiger partial charge in [0.2, 0.25) is 0 Å². The van der Waals surface area contributed by atoms with Gasteiger partial charge in [0.25, 0.3) is 0 Å². The van der Waals surface area contributed by atoms with E-state index in [0.29, 0.717) is 12.0 Å². The minimum atomic E-state index is 0.588. The van der Waals surface area contributed by atoms with E-state index in [-0.39, 0.29) is 0 Å². The van der Waals surface area contributed by atoms with Gasteiger partial charge < -0.3 is 5.32 Å². The van der Waals surface area contributed by atoms with Crippen molar-refractivity contribution in [1.82, 2.24) is 10.2 Å². The van der Waals surface area contributed by atoms with E-state index in [1.54, 1.807) is 0 Å². The summed E-state index contributed by atoms with van der Waals surface area (Å²) in [5.74, 6) is 0.668. The molecule has 0 saturated heterocycles. The summed E-state index contributed by atoms with van der Waals surface area (Å²) < 4.78 is 0. The molecule has 0 heterocycles. The minimum Gasteiger partial charge on any atom is -0.316 e. The maximum Gasteiger partial charge on any atom is 0.0233 e. The summed E-state index contributed by atoms with van der Waals surface area (Å²) in [7, 11) is 2.23. The Bertz CT molecular complexity index is 362. The molecule has 0 amide bonds. The predicted molar refractivity (Wildman–Crippen MR) is 84.4 cm³/mol. The quantitative estimate of drug-likeness (QED) is 0.722. The van der Waals surface area contributed by atoms with Crippen LogP contribution in [-0.2, 0) is 6.54 Å². The highest BCUT2D eigenvalue weighted by molar-refractivity contribution is 5.22. The molecule has 0 bridgehead atoms. The van der Waals surface area contributed by atoms with Crippen molar-refractivity contribution in [3.8, 4) is 0 Å². The number of nitrogens with zero attached hydrogens (tertiary/aromatic N) is 1.